The summed E-state index contributed by atoms with van der Waals surface area (Å²) in [6, 6.07) is 11.4. The SMILES string of the molecule is CCC(C(=O)NCC(C)C)N(Cc1ccccc1Cl)C(=O)CN(c1ccc(Br)c(C)c1)S(C)(=O)=O. The smallest absolute Gasteiger partial charge is 0.244 e. The number of hydrogen-bond donors (Lipinski definition) is 1. The zero-order valence-corrected chi connectivity index (χ0v) is 23.9. The van der Waals surface area contributed by atoms with Crippen molar-refractivity contribution in [3.8, 4) is 0 Å². The summed E-state index contributed by atoms with van der Waals surface area (Å²) in [5.74, 6) is -0.542. The zero-order valence-electron chi connectivity index (χ0n) is 20.7. The third-order valence-electron chi connectivity index (χ3n) is 5.48. The monoisotopic (exact) mass is 585 g/mol. The van der Waals surface area contributed by atoms with E-state index in [9.17, 15) is 18.0 Å². The van der Waals surface area contributed by atoms with Crippen LogP contribution in [0.25, 0.3) is 0 Å². The van der Waals surface area contributed by atoms with Gasteiger partial charge in [0.25, 0.3) is 0 Å². The van der Waals surface area contributed by atoms with Crippen LogP contribution in [0.3, 0.4) is 0 Å². The minimum absolute atomic E-state index is 0.0725. The van der Waals surface area contributed by atoms with Crippen LogP contribution in [0.4, 0.5) is 5.69 Å². The number of amides is 2. The molecule has 2 amide bonds. The van der Waals surface area contributed by atoms with Gasteiger partial charge in [0.15, 0.2) is 0 Å². The largest absolute Gasteiger partial charge is 0.354 e. The zero-order chi connectivity index (χ0) is 26.3. The first-order valence-electron chi connectivity index (χ1n) is 11.4. The van der Waals surface area contributed by atoms with Crippen molar-refractivity contribution in [1.29, 1.82) is 0 Å². The first-order chi connectivity index (χ1) is 16.3. The van der Waals surface area contributed by atoms with Crippen LogP contribution >= 0.6 is 27.5 Å². The summed E-state index contributed by atoms with van der Waals surface area (Å²) in [7, 11) is -3.79. The molecule has 0 aliphatic carbocycles. The number of sulfonamides is 1. The first kappa shape index (κ1) is 29.1. The lowest BCUT2D eigenvalue weighted by Crippen LogP contribution is -2.52. The fourth-order valence-electron chi connectivity index (χ4n) is 3.55. The number of carbonyl (C=O) groups is 2. The molecule has 192 valence electrons. The van der Waals surface area contributed by atoms with E-state index < -0.39 is 28.5 Å². The van der Waals surface area contributed by atoms with Crippen molar-refractivity contribution in [2.24, 2.45) is 5.92 Å². The Morgan fingerprint density at radius 2 is 1.80 bits per heavy atom. The number of aryl methyl sites for hydroxylation is 1. The van der Waals surface area contributed by atoms with Crippen molar-refractivity contribution in [2.75, 3.05) is 23.7 Å². The number of halogens is 2. The summed E-state index contributed by atoms with van der Waals surface area (Å²) in [6.45, 7) is 7.72. The van der Waals surface area contributed by atoms with E-state index in [1.54, 1.807) is 42.5 Å². The Morgan fingerprint density at radius 3 is 2.34 bits per heavy atom. The lowest BCUT2D eigenvalue weighted by Gasteiger charge is -2.33. The summed E-state index contributed by atoms with van der Waals surface area (Å²) >= 11 is 9.78. The van der Waals surface area contributed by atoms with E-state index in [0.717, 1.165) is 20.6 Å². The van der Waals surface area contributed by atoms with Gasteiger partial charge < -0.3 is 10.2 Å². The van der Waals surface area contributed by atoms with E-state index in [-0.39, 0.29) is 18.4 Å². The Kier molecular flexibility index (Phi) is 10.6. The highest BCUT2D eigenvalue weighted by atomic mass is 79.9. The Labute approximate surface area is 222 Å². The molecule has 0 radical (unpaired) electrons. The molecule has 0 aliphatic rings. The molecule has 0 aromatic heterocycles. The molecule has 0 fully saturated rings. The van der Waals surface area contributed by atoms with E-state index in [1.807, 2.05) is 27.7 Å². The highest BCUT2D eigenvalue weighted by molar-refractivity contribution is 9.10. The van der Waals surface area contributed by atoms with Crippen LogP contribution in [0.2, 0.25) is 5.02 Å². The molecule has 1 atom stereocenters. The third kappa shape index (κ3) is 8.22. The fourth-order valence-corrected chi connectivity index (χ4v) is 4.83. The van der Waals surface area contributed by atoms with Crippen molar-refractivity contribution >= 4 is 55.1 Å². The molecule has 7 nitrogen and oxygen atoms in total. The first-order valence-corrected chi connectivity index (χ1v) is 14.4. The van der Waals surface area contributed by atoms with Crippen LogP contribution in [0.1, 0.15) is 38.3 Å². The quantitative estimate of drug-likeness (QED) is 0.412. The molecular weight excluding hydrogens is 554 g/mol. The number of anilines is 1. The molecule has 0 saturated carbocycles. The molecule has 35 heavy (non-hydrogen) atoms. The maximum Gasteiger partial charge on any atom is 0.244 e. The molecule has 0 bridgehead atoms. The second kappa shape index (κ2) is 12.7. The number of hydrogen-bond acceptors (Lipinski definition) is 4. The summed E-state index contributed by atoms with van der Waals surface area (Å²) < 4.78 is 27.3. The van der Waals surface area contributed by atoms with E-state index in [1.165, 1.54) is 4.90 Å². The highest BCUT2D eigenvalue weighted by Gasteiger charge is 2.32. The highest BCUT2D eigenvalue weighted by Crippen LogP contribution is 2.26. The van der Waals surface area contributed by atoms with E-state index in [4.69, 9.17) is 11.6 Å². The second-order valence-electron chi connectivity index (χ2n) is 8.88. The minimum atomic E-state index is -3.79. The lowest BCUT2D eigenvalue weighted by molar-refractivity contribution is -0.140. The second-order valence-corrected chi connectivity index (χ2v) is 12.0. The van der Waals surface area contributed by atoms with Gasteiger partial charge in [-0.1, -0.05) is 66.5 Å². The Morgan fingerprint density at radius 1 is 1.14 bits per heavy atom. The number of benzene rings is 2. The molecule has 0 aliphatic heterocycles. The molecule has 0 heterocycles. The topological polar surface area (TPSA) is 86.8 Å². The molecule has 10 heteroatoms. The van der Waals surface area contributed by atoms with E-state index >= 15 is 0 Å². The van der Waals surface area contributed by atoms with Gasteiger partial charge in [0.05, 0.1) is 11.9 Å². The van der Waals surface area contributed by atoms with Crippen LogP contribution in [0.15, 0.2) is 46.9 Å². The van der Waals surface area contributed by atoms with Gasteiger partial charge in [0.1, 0.15) is 12.6 Å². The van der Waals surface area contributed by atoms with Gasteiger partial charge in [-0.05, 0) is 54.7 Å². The molecule has 1 unspecified atom stereocenters. The van der Waals surface area contributed by atoms with Crippen LogP contribution in [-0.4, -0.2) is 50.5 Å². The van der Waals surface area contributed by atoms with Gasteiger partial charge in [-0.2, -0.15) is 0 Å². The van der Waals surface area contributed by atoms with E-state index in [2.05, 4.69) is 21.2 Å². The molecule has 2 aromatic rings. The van der Waals surface area contributed by atoms with Gasteiger partial charge in [-0.3, -0.25) is 13.9 Å². The van der Waals surface area contributed by atoms with Crippen LogP contribution in [-0.2, 0) is 26.2 Å². The lowest BCUT2D eigenvalue weighted by atomic mass is 10.1. The van der Waals surface area contributed by atoms with Crippen molar-refractivity contribution in [3.63, 3.8) is 0 Å². The molecule has 0 spiro atoms. The number of nitrogens with one attached hydrogen (secondary N) is 1. The van der Waals surface area contributed by atoms with Gasteiger partial charge in [-0.25, -0.2) is 8.42 Å². The maximum absolute atomic E-state index is 13.7. The number of nitrogens with zero attached hydrogens (tertiary/aromatic N) is 2. The average molecular weight is 587 g/mol. The molecular formula is C25H33BrClN3O4S. The van der Waals surface area contributed by atoms with Gasteiger partial charge in [0.2, 0.25) is 21.8 Å². The fraction of sp³-hybridized carbons (Fsp3) is 0.440. The average Bonchev–Trinajstić information content (AvgIpc) is 2.78. The Balaban J connectivity index is 2.45. The normalized spacial score (nSPS) is 12.3. The molecule has 2 rings (SSSR count). The van der Waals surface area contributed by atoms with Crippen LogP contribution < -0.4 is 9.62 Å². The molecule has 2 aromatic carbocycles. The van der Waals surface area contributed by atoms with Crippen LogP contribution in [0, 0.1) is 12.8 Å². The van der Waals surface area contributed by atoms with Crippen molar-refractivity contribution in [1.82, 2.24) is 10.2 Å². The van der Waals surface area contributed by atoms with Gasteiger partial charge >= 0.3 is 0 Å². The number of rotatable bonds is 11. The summed E-state index contributed by atoms with van der Waals surface area (Å²) in [6.07, 6.45) is 1.42. The van der Waals surface area contributed by atoms with Crippen molar-refractivity contribution in [3.05, 3.63) is 63.1 Å². The summed E-state index contributed by atoms with van der Waals surface area (Å²) in [4.78, 5) is 28.1. The molecule has 0 saturated heterocycles. The Hall–Kier alpha value is -2.10. The van der Waals surface area contributed by atoms with E-state index in [0.29, 0.717) is 29.2 Å². The predicted octanol–water partition coefficient (Wildman–Crippen LogP) is 4.76. The third-order valence-corrected chi connectivity index (χ3v) is 7.88. The minimum Gasteiger partial charge on any atom is -0.354 e. The number of carbonyl (C=O) groups excluding carboxylic acids is 2. The van der Waals surface area contributed by atoms with Crippen molar-refractivity contribution in [2.45, 2.75) is 46.7 Å². The van der Waals surface area contributed by atoms with Crippen LogP contribution in [0.5, 0.6) is 0 Å². The predicted molar refractivity (Wildman–Crippen MR) is 145 cm³/mol. The molecule has 1 N–H and O–H groups in total. The standard InChI is InChI=1S/C25H33BrClN3O4S/c1-6-23(25(32)28-14-17(2)3)29(15-19-9-7-8-10-22(19)27)24(31)16-30(35(5,33)34)20-11-12-21(26)18(4)13-20/h7-13,17,23H,6,14-16H2,1-5H3,(H,28,32). The Bertz CT molecular complexity index is 1160. The summed E-state index contributed by atoms with van der Waals surface area (Å²) in [5, 5.41) is 3.36. The summed E-state index contributed by atoms with van der Waals surface area (Å²) in [5.41, 5.74) is 1.87. The van der Waals surface area contributed by atoms with Gasteiger partial charge in [-0.15, -0.1) is 0 Å². The van der Waals surface area contributed by atoms with Gasteiger partial charge in [0, 0.05) is 22.6 Å². The van der Waals surface area contributed by atoms with Crippen molar-refractivity contribution < 1.29 is 18.0 Å². The maximum atomic E-state index is 13.7.